The zero-order chi connectivity index (χ0) is 17.7. The van der Waals surface area contributed by atoms with Crippen LogP contribution >= 0.6 is 0 Å². The minimum absolute atomic E-state index is 0.126. The molecule has 0 fully saturated rings. The summed E-state index contributed by atoms with van der Waals surface area (Å²) >= 11 is 0. The Balaban J connectivity index is 2.12. The highest BCUT2D eigenvalue weighted by atomic mass is 16.5. The van der Waals surface area contributed by atoms with Gasteiger partial charge < -0.3 is 14.2 Å². The molecule has 1 aliphatic carbocycles. The summed E-state index contributed by atoms with van der Waals surface area (Å²) in [5.74, 6) is 2.21. The number of nitrogens with zero attached hydrogens (tertiary/aromatic N) is 1. The molecule has 1 aliphatic heterocycles. The number of hydrogen-bond acceptors (Lipinski definition) is 5. The first-order valence-corrected chi connectivity index (χ1v) is 8.31. The van der Waals surface area contributed by atoms with E-state index in [1.54, 1.807) is 21.3 Å². The first-order valence-electron chi connectivity index (χ1n) is 8.31. The molecule has 5 nitrogen and oxygen atoms in total. The van der Waals surface area contributed by atoms with Crippen LogP contribution in [0.2, 0.25) is 0 Å². The second kappa shape index (κ2) is 5.77. The lowest BCUT2D eigenvalue weighted by molar-refractivity contribution is 0.0835. The molecular formula is C20H21NO4. The summed E-state index contributed by atoms with van der Waals surface area (Å²) in [6.45, 7) is 0.837. The largest absolute Gasteiger partial charge is 0.497 e. The Labute approximate surface area is 147 Å². The van der Waals surface area contributed by atoms with E-state index >= 15 is 0 Å². The summed E-state index contributed by atoms with van der Waals surface area (Å²) < 4.78 is 16.7. The SMILES string of the molecule is COc1ccc2c(c1)-c1c(OC)c(OC)cc3c1[C@H](C2=O)N(C)CC3. The predicted octanol–water partition coefficient (Wildman–Crippen LogP) is 3.10. The van der Waals surface area contributed by atoms with Crippen molar-refractivity contribution in [3.8, 4) is 28.4 Å². The number of ketones is 1. The molecule has 2 aromatic rings. The van der Waals surface area contributed by atoms with Crippen LogP contribution in [-0.4, -0.2) is 45.6 Å². The second-order valence-electron chi connectivity index (χ2n) is 6.47. The topological polar surface area (TPSA) is 48.0 Å². The van der Waals surface area contributed by atoms with Crippen molar-refractivity contribution in [2.75, 3.05) is 34.9 Å². The smallest absolute Gasteiger partial charge is 0.185 e. The van der Waals surface area contributed by atoms with E-state index in [1.165, 1.54) is 0 Å². The monoisotopic (exact) mass is 339 g/mol. The van der Waals surface area contributed by atoms with Crippen molar-refractivity contribution in [2.24, 2.45) is 0 Å². The van der Waals surface area contributed by atoms with Crippen molar-refractivity contribution in [1.82, 2.24) is 4.90 Å². The Bertz CT molecular complexity index is 874. The molecule has 130 valence electrons. The molecule has 1 atom stereocenters. The van der Waals surface area contributed by atoms with Crippen molar-refractivity contribution < 1.29 is 19.0 Å². The zero-order valence-electron chi connectivity index (χ0n) is 14.9. The van der Waals surface area contributed by atoms with Gasteiger partial charge in [-0.3, -0.25) is 9.69 Å². The molecule has 1 heterocycles. The molecule has 0 N–H and O–H groups in total. The fraction of sp³-hybridized carbons (Fsp3) is 0.350. The number of benzene rings is 2. The summed E-state index contributed by atoms with van der Waals surface area (Å²) in [4.78, 5) is 15.3. The number of ether oxygens (including phenoxy) is 3. The van der Waals surface area contributed by atoms with Crippen molar-refractivity contribution in [3.63, 3.8) is 0 Å². The number of methoxy groups -OCH3 is 3. The molecule has 5 heteroatoms. The highest BCUT2D eigenvalue weighted by Crippen LogP contribution is 2.52. The Morgan fingerprint density at radius 2 is 1.84 bits per heavy atom. The summed E-state index contributed by atoms with van der Waals surface area (Å²) in [5, 5.41) is 0. The molecule has 0 spiro atoms. The molecule has 0 radical (unpaired) electrons. The van der Waals surface area contributed by atoms with Crippen molar-refractivity contribution in [2.45, 2.75) is 12.5 Å². The van der Waals surface area contributed by atoms with Gasteiger partial charge in [0.05, 0.1) is 27.4 Å². The lowest BCUT2D eigenvalue weighted by Crippen LogP contribution is -2.39. The fourth-order valence-electron chi connectivity index (χ4n) is 4.05. The lowest BCUT2D eigenvalue weighted by atomic mass is 9.76. The highest BCUT2D eigenvalue weighted by molar-refractivity contribution is 6.11. The maximum absolute atomic E-state index is 13.2. The first kappa shape index (κ1) is 16.0. The van der Waals surface area contributed by atoms with Gasteiger partial charge in [-0.05, 0) is 48.9 Å². The molecule has 0 amide bonds. The summed E-state index contributed by atoms with van der Waals surface area (Å²) in [6, 6.07) is 7.32. The van der Waals surface area contributed by atoms with Crippen LogP contribution in [0.1, 0.15) is 27.5 Å². The normalized spacial score (nSPS) is 18.4. The van der Waals surface area contributed by atoms with E-state index in [4.69, 9.17) is 14.2 Å². The Morgan fingerprint density at radius 1 is 1.04 bits per heavy atom. The molecule has 0 saturated carbocycles. The van der Waals surface area contributed by atoms with Gasteiger partial charge in [-0.25, -0.2) is 0 Å². The number of likely N-dealkylation sites (N-methyl/N-ethyl adjacent to an activating group) is 1. The van der Waals surface area contributed by atoms with E-state index in [0.717, 1.165) is 35.2 Å². The third kappa shape index (κ3) is 2.15. The van der Waals surface area contributed by atoms with Crippen LogP contribution in [0.3, 0.4) is 0 Å². The van der Waals surface area contributed by atoms with Crippen LogP contribution in [0, 0.1) is 0 Å². The van der Waals surface area contributed by atoms with Crippen LogP contribution in [0.5, 0.6) is 17.2 Å². The lowest BCUT2D eigenvalue weighted by Gasteiger charge is -2.39. The molecule has 0 aromatic heterocycles. The van der Waals surface area contributed by atoms with E-state index in [1.807, 2.05) is 31.3 Å². The van der Waals surface area contributed by atoms with Gasteiger partial charge in [0, 0.05) is 23.2 Å². The average Bonchev–Trinajstić information content (AvgIpc) is 2.65. The molecular weight excluding hydrogens is 318 g/mol. The third-order valence-corrected chi connectivity index (χ3v) is 5.25. The Morgan fingerprint density at radius 3 is 2.52 bits per heavy atom. The van der Waals surface area contributed by atoms with Crippen LogP contribution < -0.4 is 14.2 Å². The number of carbonyl (C=O) groups excluding carboxylic acids is 1. The van der Waals surface area contributed by atoms with E-state index < -0.39 is 0 Å². The number of fused-ring (bicyclic) bond motifs is 2. The molecule has 4 rings (SSSR count). The molecule has 0 bridgehead atoms. The standard InChI is InChI=1S/C20H21NO4/c1-21-8-7-11-9-15(24-3)20(25-4)17-14-10-12(23-2)5-6-13(14)19(22)18(21)16(11)17/h5-6,9-10,18H,7-8H2,1-4H3/t18-/m1/s1. The number of hydrogen-bond donors (Lipinski definition) is 0. The van der Waals surface area contributed by atoms with Crippen LogP contribution in [-0.2, 0) is 6.42 Å². The number of carbonyl (C=O) groups is 1. The maximum atomic E-state index is 13.2. The van der Waals surface area contributed by atoms with Gasteiger partial charge in [0.1, 0.15) is 5.75 Å². The van der Waals surface area contributed by atoms with Gasteiger partial charge in [-0.1, -0.05) is 0 Å². The first-order chi connectivity index (χ1) is 12.1. The summed E-state index contributed by atoms with van der Waals surface area (Å²) in [5.41, 5.74) is 4.68. The molecule has 2 aromatic carbocycles. The van der Waals surface area contributed by atoms with Gasteiger partial charge in [0.2, 0.25) is 0 Å². The van der Waals surface area contributed by atoms with E-state index in [0.29, 0.717) is 22.8 Å². The second-order valence-corrected chi connectivity index (χ2v) is 6.47. The fourth-order valence-corrected chi connectivity index (χ4v) is 4.05. The molecule has 2 aliphatic rings. The van der Waals surface area contributed by atoms with Crippen LogP contribution in [0.4, 0.5) is 0 Å². The maximum Gasteiger partial charge on any atom is 0.185 e. The van der Waals surface area contributed by atoms with Crippen LogP contribution in [0.15, 0.2) is 24.3 Å². The number of Topliss-reactive ketones (excluding diaryl/α,β-unsaturated/α-hetero) is 1. The molecule has 25 heavy (non-hydrogen) atoms. The van der Waals surface area contributed by atoms with Gasteiger partial charge in [-0.2, -0.15) is 0 Å². The van der Waals surface area contributed by atoms with Crippen molar-refractivity contribution in [1.29, 1.82) is 0 Å². The summed E-state index contributed by atoms with van der Waals surface area (Å²) in [6.07, 6.45) is 0.877. The minimum Gasteiger partial charge on any atom is -0.497 e. The zero-order valence-corrected chi connectivity index (χ0v) is 14.9. The van der Waals surface area contributed by atoms with E-state index in [-0.39, 0.29) is 11.8 Å². The van der Waals surface area contributed by atoms with Gasteiger partial charge in [-0.15, -0.1) is 0 Å². The van der Waals surface area contributed by atoms with Crippen molar-refractivity contribution >= 4 is 5.78 Å². The van der Waals surface area contributed by atoms with Crippen LogP contribution in [0.25, 0.3) is 11.1 Å². The Hall–Kier alpha value is -2.53. The van der Waals surface area contributed by atoms with E-state index in [2.05, 4.69) is 4.90 Å². The predicted molar refractivity (Wildman–Crippen MR) is 94.9 cm³/mol. The van der Waals surface area contributed by atoms with Crippen molar-refractivity contribution in [3.05, 3.63) is 41.0 Å². The average molecular weight is 339 g/mol. The van der Waals surface area contributed by atoms with E-state index in [9.17, 15) is 4.79 Å². The Kier molecular flexibility index (Phi) is 3.69. The van der Waals surface area contributed by atoms with Gasteiger partial charge in [0.25, 0.3) is 0 Å². The quantitative estimate of drug-likeness (QED) is 0.860. The van der Waals surface area contributed by atoms with Gasteiger partial charge in [0.15, 0.2) is 17.3 Å². The van der Waals surface area contributed by atoms with Gasteiger partial charge >= 0.3 is 0 Å². The minimum atomic E-state index is -0.278. The molecule has 0 unspecified atom stereocenters. The third-order valence-electron chi connectivity index (χ3n) is 5.25. The molecule has 0 saturated heterocycles. The number of rotatable bonds is 3. The highest BCUT2D eigenvalue weighted by Gasteiger charge is 2.41. The summed E-state index contributed by atoms with van der Waals surface area (Å²) in [7, 11) is 6.91.